The number of aliphatic hydroxyl groups excluding tert-OH is 1. The first-order chi connectivity index (χ1) is 7.41. The van der Waals surface area contributed by atoms with E-state index in [0.717, 1.165) is 0 Å². The van der Waals surface area contributed by atoms with E-state index in [0.29, 0.717) is 11.3 Å². The molecule has 0 heterocycles. The maximum Gasteiger partial charge on any atom is 0.332 e. The number of hydrogen-bond donors (Lipinski definition) is 2. The Bertz CT molecular complexity index is 393. The number of benzene rings is 1. The van der Waals surface area contributed by atoms with E-state index >= 15 is 0 Å². The average Bonchev–Trinajstić information content (AvgIpc) is 2.16. The Morgan fingerprint density at radius 2 is 2.12 bits per heavy atom. The summed E-state index contributed by atoms with van der Waals surface area (Å²) in [4.78, 5) is 12.0. The topological polar surface area (TPSA) is 60.8 Å². The van der Waals surface area contributed by atoms with Crippen molar-refractivity contribution in [2.24, 2.45) is 0 Å². The zero-order valence-electron chi connectivity index (χ0n) is 9.14. The molecule has 0 fully saturated rings. The zero-order valence-corrected chi connectivity index (χ0v) is 9.14. The molecule has 1 atom stereocenters. The monoisotopic (exact) mass is 227 g/mol. The second-order valence-corrected chi connectivity index (χ2v) is 3.74. The summed E-state index contributed by atoms with van der Waals surface area (Å²) in [6.07, 6.45) is -1.59. The molecule has 1 rings (SSSR count). The Morgan fingerprint density at radius 3 is 2.56 bits per heavy atom. The van der Waals surface area contributed by atoms with Crippen molar-refractivity contribution < 1.29 is 19.4 Å². The van der Waals surface area contributed by atoms with E-state index in [1.165, 1.54) is 6.07 Å². The predicted molar refractivity (Wildman–Crippen MR) is 58.1 cm³/mol. The summed E-state index contributed by atoms with van der Waals surface area (Å²) in [5.41, 5.74) is 0.881. The molecule has 2 N–H and O–H groups in total. The Labute approximate surface area is 92.9 Å². The highest BCUT2D eigenvalue weighted by Gasteiger charge is 2.15. The van der Waals surface area contributed by atoms with Crippen LogP contribution in [0, 0.1) is 5.82 Å². The first-order valence-corrected chi connectivity index (χ1v) is 4.78. The van der Waals surface area contributed by atoms with Crippen molar-refractivity contribution in [3.05, 3.63) is 29.6 Å². The van der Waals surface area contributed by atoms with Crippen LogP contribution in [0.1, 0.15) is 5.56 Å². The number of hydrogen-bond acceptors (Lipinski definition) is 3. The third-order valence-electron chi connectivity index (χ3n) is 2.21. The molecule has 0 aromatic heterocycles. The van der Waals surface area contributed by atoms with Crippen LogP contribution in [0.5, 0.6) is 0 Å². The third-order valence-corrected chi connectivity index (χ3v) is 2.21. The van der Waals surface area contributed by atoms with Gasteiger partial charge in [-0.1, -0.05) is 6.07 Å². The van der Waals surface area contributed by atoms with Gasteiger partial charge in [0.25, 0.3) is 0 Å². The quantitative estimate of drug-likeness (QED) is 0.801. The first kappa shape index (κ1) is 12.4. The number of carboxylic acid groups (broad SMARTS) is 1. The lowest BCUT2D eigenvalue weighted by molar-refractivity contribution is -0.146. The summed E-state index contributed by atoms with van der Waals surface area (Å²) in [6.45, 7) is 0. The molecule has 0 aliphatic rings. The van der Waals surface area contributed by atoms with Crippen molar-refractivity contribution in [1.82, 2.24) is 0 Å². The molecule has 4 nitrogen and oxygen atoms in total. The van der Waals surface area contributed by atoms with Gasteiger partial charge in [-0.3, -0.25) is 0 Å². The van der Waals surface area contributed by atoms with E-state index in [-0.39, 0.29) is 6.42 Å². The van der Waals surface area contributed by atoms with Crippen LogP contribution in [-0.4, -0.2) is 36.4 Å². The summed E-state index contributed by atoms with van der Waals surface area (Å²) in [7, 11) is 3.42. The van der Waals surface area contributed by atoms with Crippen LogP contribution in [0.25, 0.3) is 0 Å². The fourth-order valence-electron chi connectivity index (χ4n) is 1.35. The van der Waals surface area contributed by atoms with Gasteiger partial charge in [0.05, 0.1) is 5.69 Å². The summed E-state index contributed by atoms with van der Waals surface area (Å²) in [5, 5.41) is 17.6. The molecule has 1 aromatic rings. The van der Waals surface area contributed by atoms with Crippen LogP contribution >= 0.6 is 0 Å². The fraction of sp³-hybridized carbons (Fsp3) is 0.364. The minimum absolute atomic E-state index is 0.0973. The molecule has 0 amide bonds. The van der Waals surface area contributed by atoms with Gasteiger partial charge in [0, 0.05) is 20.5 Å². The molecule has 1 aromatic carbocycles. The molecule has 0 saturated carbocycles. The van der Waals surface area contributed by atoms with E-state index in [1.54, 1.807) is 31.1 Å². The minimum Gasteiger partial charge on any atom is -0.479 e. The molecule has 0 aliphatic carbocycles. The Balaban J connectivity index is 2.85. The van der Waals surface area contributed by atoms with Crippen molar-refractivity contribution in [2.45, 2.75) is 12.5 Å². The molecule has 88 valence electrons. The van der Waals surface area contributed by atoms with Gasteiger partial charge in [-0.05, 0) is 17.7 Å². The number of rotatable bonds is 4. The van der Waals surface area contributed by atoms with Gasteiger partial charge in [0.15, 0.2) is 6.10 Å². The molecular weight excluding hydrogens is 213 g/mol. The number of carbonyl (C=O) groups is 1. The summed E-state index contributed by atoms with van der Waals surface area (Å²) < 4.78 is 13.5. The molecule has 0 radical (unpaired) electrons. The third kappa shape index (κ3) is 2.93. The fourth-order valence-corrected chi connectivity index (χ4v) is 1.35. The molecule has 5 heteroatoms. The highest BCUT2D eigenvalue weighted by Crippen LogP contribution is 2.19. The van der Waals surface area contributed by atoms with Gasteiger partial charge < -0.3 is 15.1 Å². The van der Waals surface area contributed by atoms with E-state index in [9.17, 15) is 9.18 Å². The van der Waals surface area contributed by atoms with E-state index in [4.69, 9.17) is 10.2 Å². The Kier molecular flexibility index (Phi) is 3.84. The number of nitrogens with zero attached hydrogens (tertiary/aromatic N) is 1. The summed E-state index contributed by atoms with van der Waals surface area (Å²) in [6, 6.07) is 4.39. The lowest BCUT2D eigenvalue weighted by Crippen LogP contribution is -2.22. The molecule has 0 bridgehead atoms. The average molecular weight is 227 g/mol. The van der Waals surface area contributed by atoms with Crippen LogP contribution in [0.4, 0.5) is 10.1 Å². The van der Waals surface area contributed by atoms with Gasteiger partial charge in [-0.25, -0.2) is 9.18 Å². The molecular formula is C11H14FNO3. The second-order valence-electron chi connectivity index (χ2n) is 3.74. The van der Waals surface area contributed by atoms with Gasteiger partial charge in [0.1, 0.15) is 5.82 Å². The highest BCUT2D eigenvalue weighted by atomic mass is 19.1. The lowest BCUT2D eigenvalue weighted by Gasteiger charge is -2.14. The normalized spacial score (nSPS) is 12.2. The zero-order chi connectivity index (χ0) is 12.3. The van der Waals surface area contributed by atoms with Crippen LogP contribution in [0.15, 0.2) is 18.2 Å². The molecule has 0 saturated heterocycles. The molecule has 0 spiro atoms. The van der Waals surface area contributed by atoms with Crippen LogP contribution in [0.2, 0.25) is 0 Å². The highest BCUT2D eigenvalue weighted by molar-refractivity contribution is 5.72. The minimum atomic E-state index is -1.50. The van der Waals surface area contributed by atoms with Crippen molar-refractivity contribution >= 4 is 11.7 Å². The number of carboxylic acids is 1. The summed E-state index contributed by atoms with van der Waals surface area (Å²) >= 11 is 0. The van der Waals surface area contributed by atoms with Crippen LogP contribution < -0.4 is 4.90 Å². The van der Waals surface area contributed by atoms with Crippen molar-refractivity contribution in [1.29, 1.82) is 0 Å². The van der Waals surface area contributed by atoms with Crippen LogP contribution in [-0.2, 0) is 11.2 Å². The van der Waals surface area contributed by atoms with Gasteiger partial charge >= 0.3 is 5.97 Å². The maximum atomic E-state index is 13.5. The number of aliphatic hydroxyl groups is 1. The second kappa shape index (κ2) is 4.94. The maximum absolute atomic E-state index is 13.5. The smallest absolute Gasteiger partial charge is 0.332 e. The van der Waals surface area contributed by atoms with Gasteiger partial charge in [-0.2, -0.15) is 0 Å². The van der Waals surface area contributed by atoms with E-state index in [2.05, 4.69) is 0 Å². The summed E-state index contributed by atoms with van der Waals surface area (Å²) in [5.74, 6) is -1.74. The van der Waals surface area contributed by atoms with Gasteiger partial charge in [-0.15, -0.1) is 0 Å². The van der Waals surface area contributed by atoms with Crippen LogP contribution in [0.3, 0.4) is 0 Å². The van der Waals surface area contributed by atoms with E-state index in [1.807, 2.05) is 0 Å². The van der Waals surface area contributed by atoms with Crippen molar-refractivity contribution in [2.75, 3.05) is 19.0 Å². The molecule has 0 aliphatic heterocycles. The first-order valence-electron chi connectivity index (χ1n) is 4.78. The van der Waals surface area contributed by atoms with Gasteiger partial charge in [0.2, 0.25) is 0 Å². The largest absolute Gasteiger partial charge is 0.479 e. The molecule has 1 unspecified atom stereocenters. The lowest BCUT2D eigenvalue weighted by atomic mass is 10.1. The predicted octanol–water partition coefficient (Wildman–Crippen LogP) is 0.880. The number of halogens is 1. The Hall–Kier alpha value is -1.62. The van der Waals surface area contributed by atoms with Crippen molar-refractivity contribution in [3.63, 3.8) is 0 Å². The number of aliphatic carboxylic acids is 1. The van der Waals surface area contributed by atoms with E-state index < -0.39 is 17.9 Å². The standard InChI is InChI=1S/C11H14FNO3/c1-13(2)9-4-3-7(5-8(9)12)6-10(14)11(15)16/h3-5,10,14H,6H2,1-2H3,(H,15,16). The SMILES string of the molecule is CN(C)c1ccc(CC(O)C(=O)O)cc1F. The molecule has 16 heavy (non-hydrogen) atoms. The number of anilines is 1. The Morgan fingerprint density at radius 1 is 1.50 bits per heavy atom. The van der Waals surface area contributed by atoms with Crippen molar-refractivity contribution in [3.8, 4) is 0 Å².